The Balaban J connectivity index is 1.57. The highest BCUT2D eigenvalue weighted by Crippen LogP contribution is 2.48. The number of fused-ring (bicyclic) bond motifs is 1. The van der Waals surface area contributed by atoms with Crippen LogP contribution in [0.3, 0.4) is 0 Å². The molecule has 1 aliphatic carbocycles. The first-order valence-corrected chi connectivity index (χ1v) is 24.0. The number of halogens is 3. The van der Waals surface area contributed by atoms with Crippen LogP contribution in [0.1, 0.15) is 81.1 Å². The molecular formula is C50H62F3N5O15. The molecule has 6 rings (SSSR count). The molecule has 14 atom stereocenters. The summed E-state index contributed by atoms with van der Waals surface area (Å²) in [5.74, 6) is -9.87. The fraction of sp³-hybridized carbons (Fsp3) is 0.580. The predicted octanol–water partition coefficient (Wildman–Crippen LogP) is 9.17. The number of likely N-dealkylation sites (N-methyl/N-ethyl adjacent to an activating group) is 1. The van der Waals surface area contributed by atoms with Crippen LogP contribution in [0.25, 0.3) is 0 Å². The molecule has 0 radical (unpaired) electrons. The number of Topliss-reactive ketones (excluding diaryl/α,β-unsaturated/α-hetero) is 1. The standard InChI is InChI=1S/C50H62F3N5O15/c1-12-41-50(8)45(55(48(61)73-50)33-16-13-30(51)21-34(33)56(62)63)27(4)42(59)26(3)24-49(7,68-11)46(28(5)43(29(6)47(60)72-41)69-38-17-14-31(52)22-35(38)57(64)65)71-40-20-25(2)19-37(54(9)10)44(40)70-39-18-15-32(53)23-36(39)58(66)67/h13-18,21-23,25-29,37,40-41,43-46H,12,19-20,24H2,1-11H3/t25-,26-,27+,28+,29-,37+,40-,41-,43+,44-,45-,46-,49-,50-/m1/s1. The molecule has 0 bridgehead atoms. The second-order valence-corrected chi connectivity index (χ2v) is 20.2. The average molecular weight is 1030 g/mol. The molecule has 1 saturated carbocycles. The van der Waals surface area contributed by atoms with Crippen LogP contribution in [0.5, 0.6) is 11.5 Å². The number of hydrogen-bond acceptors (Lipinski definition) is 16. The maximum absolute atomic E-state index is 15.2. The zero-order chi connectivity index (χ0) is 54.2. The summed E-state index contributed by atoms with van der Waals surface area (Å²) in [6.45, 7) is 12.8. The van der Waals surface area contributed by atoms with E-state index in [0.29, 0.717) is 18.6 Å². The topological polar surface area (TPSA) is 242 Å². The van der Waals surface area contributed by atoms with Crippen molar-refractivity contribution >= 4 is 40.6 Å². The summed E-state index contributed by atoms with van der Waals surface area (Å²) < 4.78 is 82.7. The van der Waals surface area contributed by atoms with E-state index >= 15 is 4.79 Å². The summed E-state index contributed by atoms with van der Waals surface area (Å²) >= 11 is 0. The molecular weight excluding hydrogens is 968 g/mol. The highest BCUT2D eigenvalue weighted by Gasteiger charge is 2.62. The number of hydrogen-bond donors (Lipinski definition) is 0. The number of anilines is 1. The van der Waals surface area contributed by atoms with Crippen molar-refractivity contribution in [3.8, 4) is 11.5 Å². The lowest BCUT2D eigenvalue weighted by molar-refractivity contribution is -0.386. The van der Waals surface area contributed by atoms with Gasteiger partial charge >= 0.3 is 23.4 Å². The minimum Gasteiger partial charge on any atom is -0.482 e. The maximum atomic E-state index is 15.2. The second kappa shape index (κ2) is 21.9. The van der Waals surface area contributed by atoms with Crippen LogP contribution in [0.15, 0.2) is 54.6 Å². The van der Waals surface area contributed by atoms with Gasteiger partial charge in [0, 0.05) is 30.9 Å². The van der Waals surface area contributed by atoms with Gasteiger partial charge in [-0.3, -0.25) is 44.8 Å². The predicted molar refractivity (Wildman–Crippen MR) is 256 cm³/mol. The molecule has 3 aromatic rings. The Hall–Kier alpha value is -6.46. The van der Waals surface area contributed by atoms with E-state index in [1.807, 2.05) is 11.8 Å². The Labute approximate surface area is 419 Å². The van der Waals surface area contributed by atoms with Crippen molar-refractivity contribution in [2.24, 2.45) is 29.6 Å². The van der Waals surface area contributed by atoms with Gasteiger partial charge in [-0.15, -0.1) is 0 Å². The normalized spacial score (nSPS) is 32.3. The Morgan fingerprint density at radius 1 is 0.767 bits per heavy atom. The molecule has 0 spiro atoms. The third-order valence-corrected chi connectivity index (χ3v) is 14.9. The van der Waals surface area contributed by atoms with Gasteiger partial charge < -0.3 is 33.3 Å². The van der Waals surface area contributed by atoms with E-state index in [0.717, 1.165) is 47.4 Å². The van der Waals surface area contributed by atoms with Gasteiger partial charge in [-0.1, -0.05) is 34.6 Å². The second-order valence-electron chi connectivity index (χ2n) is 20.2. The number of cyclic esters (lactones) is 1. The highest BCUT2D eigenvalue weighted by molar-refractivity contribution is 5.96. The molecule has 1 amide bonds. The van der Waals surface area contributed by atoms with Gasteiger partial charge in [0.25, 0.3) is 5.69 Å². The molecule has 23 heteroatoms. The SMILES string of the molecule is CC[C@H]1OC(=O)[C@H](C)[C@@H](Oc2ccc(F)cc2[N+](=O)[O-])[C@H](C)[C@@H](O[C@@H]2C[C@H](C)C[C@H](N(C)C)[C@H]2Oc2ccc(F)cc2[N+](=O)[O-])[C@](C)(OC)C[C@@H](C)C(=O)[C@H](C)[C@H]2N(c3ccc(F)cc3[N+](=O)[O-])C(=O)O[C@]12C. The molecule has 0 N–H and O–H groups in total. The van der Waals surface area contributed by atoms with Gasteiger partial charge in [0.2, 0.25) is 0 Å². The molecule has 0 aromatic heterocycles. The van der Waals surface area contributed by atoms with Crippen molar-refractivity contribution < 1.29 is 70.7 Å². The molecule has 0 unspecified atom stereocenters. The van der Waals surface area contributed by atoms with Crippen LogP contribution in [0, 0.1) is 77.4 Å². The van der Waals surface area contributed by atoms with Crippen LogP contribution < -0.4 is 14.4 Å². The molecule has 3 fully saturated rings. The van der Waals surface area contributed by atoms with Crippen molar-refractivity contribution in [2.75, 3.05) is 26.1 Å². The van der Waals surface area contributed by atoms with E-state index < -0.39 is 156 Å². The minimum atomic E-state index is -1.93. The lowest BCUT2D eigenvalue weighted by Gasteiger charge is -2.49. The minimum absolute atomic E-state index is 0.0624. The number of nitro groups is 3. The van der Waals surface area contributed by atoms with Crippen molar-refractivity contribution in [3.63, 3.8) is 0 Å². The first kappa shape index (κ1) is 55.8. The zero-order valence-electron chi connectivity index (χ0n) is 42.4. The third-order valence-electron chi connectivity index (χ3n) is 14.9. The maximum Gasteiger partial charge on any atom is 0.415 e. The van der Waals surface area contributed by atoms with E-state index in [1.54, 1.807) is 41.8 Å². The van der Waals surface area contributed by atoms with Crippen LogP contribution in [-0.2, 0) is 28.5 Å². The fourth-order valence-corrected chi connectivity index (χ4v) is 11.2. The van der Waals surface area contributed by atoms with Crippen LogP contribution in [-0.4, -0.2) is 113 Å². The fourth-order valence-electron chi connectivity index (χ4n) is 11.2. The van der Waals surface area contributed by atoms with Crippen molar-refractivity contribution in [1.29, 1.82) is 0 Å². The van der Waals surface area contributed by atoms with E-state index in [2.05, 4.69) is 0 Å². The highest BCUT2D eigenvalue weighted by atomic mass is 19.1. The van der Waals surface area contributed by atoms with Crippen LogP contribution in [0.4, 0.5) is 40.7 Å². The Bertz CT molecular complexity index is 2610. The first-order chi connectivity index (χ1) is 34.2. The number of nitro benzene ring substituents is 3. The van der Waals surface area contributed by atoms with Gasteiger partial charge in [-0.25, -0.2) is 18.0 Å². The number of nitrogens with zero attached hydrogens (tertiary/aromatic N) is 5. The number of ketones is 1. The van der Waals surface area contributed by atoms with Gasteiger partial charge in [0.15, 0.2) is 17.1 Å². The lowest BCUT2D eigenvalue weighted by Crippen LogP contribution is -2.61. The molecule has 2 saturated heterocycles. The molecule has 3 aromatic carbocycles. The summed E-state index contributed by atoms with van der Waals surface area (Å²) in [7, 11) is 4.93. The van der Waals surface area contributed by atoms with E-state index in [1.165, 1.54) is 27.9 Å². The third kappa shape index (κ3) is 11.2. The Morgan fingerprint density at radius 2 is 1.29 bits per heavy atom. The Kier molecular flexibility index (Phi) is 16.8. The van der Waals surface area contributed by atoms with Gasteiger partial charge in [-0.05, 0) is 103 Å². The quantitative estimate of drug-likeness (QED) is 0.0880. The van der Waals surface area contributed by atoms with Crippen molar-refractivity contribution in [2.45, 2.75) is 135 Å². The van der Waals surface area contributed by atoms with Crippen LogP contribution >= 0.6 is 0 Å². The molecule has 20 nitrogen and oxygen atoms in total. The molecule has 2 aliphatic heterocycles. The summed E-state index contributed by atoms with van der Waals surface area (Å²) in [6.07, 6.45) is -6.78. The van der Waals surface area contributed by atoms with E-state index in [9.17, 15) is 53.1 Å². The number of benzene rings is 3. The molecule has 3 aliphatic rings. The number of esters is 1. The van der Waals surface area contributed by atoms with Crippen molar-refractivity contribution in [1.82, 2.24) is 4.90 Å². The smallest absolute Gasteiger partial charge is 0.415 e. The zero-order valence-corrected chi connectivity index (χ0v) is 42.4. The number of carbonyl (C=O) groups is 3. The Morgan fingerprint density at radius 3 is 1.79 bits per heavy atom. The van der Waals surface area contributed by atoms with Gasteiger partial charge in [0.05, 0.1) is 62.7 Å². The largest absolute Gasteiger partial charge is 0.482 e. The van der Waals surface area contributed by atoms with E-state index in [-0.39, 0.29) is 30.9 Å². The number of amides is 1. The van der Waals surface area contributed by atoms with E-state index in [4.69, 9.17) is 28.4 Å². The lowest BCUT2D eigenvalue weighted by atomic mass is 9.72. The number of rotatable bonds is 13. The first-order valence-electron chi connectivity index (χ1n) is 24.0. The molecule has 398 valence electrons. The summed E-state index contributed by atoms with van der Waals surface area (Å²) in [6, 6.07) is 6.13. The molecule has 73 heavy (non-hydrogen) atoms. The summed E-state index contributed by atoms with van der Waals surface area (Å²) in [5, 5.41) is 37.1. The number of methoxy groups -OCH3 is 1. The molecule has 2 heterocycles. The monoisotopic (exact) mass is 1030 g/mol. The van der Waals surface area contributed by atoms with Gasteiger partial charge in [-0.2, -0.15) is 0 Å². The average Bonchev–Trinajstić information content (AvgIpc) is 3.60. The number of ether oxygens (including phenoxy) is 6. The van der Waals surface area contributed by atoms with Crippen molar-refractivity contribution in [3.05, 3.63) is 102 Å². The summed E-state index contributed by atoms with van der Waals surface area (Å²) in [5.41, 5.74) is -6.17. The van der Waals surface area contributed by atoms with Gasteiger partial charge in [0.1, 0.15) is 47.2 Å². The van der Waals surface area contributed by atoms with Crippen LogP contribution in [0.2, 0.25) is 0 Å². The number of carbonyl (C=O) groups excluding carboxylic acids is 3. The summed E-state index contributed by atoms with van der Waals surface area (Å²) in [4.78, 5) is 81.7.